The molecule has 1 aromatic rings. The van der Waals surface area contributed by atoms with Crippen molar-refractivity contribution in [3.05, 3.63) is 36.3 Å². The molecular weight excluding hydrogens is 212 g/mol. The third kappa shape index (κ3) is 2.63. The lowest BCUT2D eigenvalue weighted by Crippen LogP contribution is -2.30. The van der Waals surface area contributed by atoms with E-state index in [-0.39, 0.29) is 5.41 Å². The molecule has 2 heteroatoms. The van der Waals surface area contributed by atoms with Gasteiger partial charge in [0.15, 0.2) is 0 Å². The van der Waals surface area contributed by atoms with Crippen molar-refractivity contribution in [3.8, 4) is 0 Å². The Morgan fingerprint density at radius 3 is 2.94 bits per heavy atom. The van der Waals surface area contributed by atoms with E-state index in [9.17, 15) is 5.11 Å². The Morgan fingerprint density at radius 1 is 1.59 bits per heavy atom. The van der Waals surface area contributed by atoms with Crippen LogP contribution >= 0.6 is 0 Å². The highest BCUT2D eigenvalue weighted by Crippen LogP contribution is 2.46. The Hall–Kier alpha value is -1.02. The second kappa shape index (κ2) is 4.69. The van der Waals surface area contributed by atoms with Gasteiger partial charge in [0.1, 0.15) is 0 Å². The van der Waals surface area contributed by atoms with Crippen molar-refractivity contribution in [2.45, 2.75) is 45.6 Å². The van der Waals surface area contributed by atoms with E-state index in [1.807, 2.05) is 6.07 Å². The van der Waals surface area contributed by atoms with E-state index in [2.05, 4.69) is 20.4 Å². The Kier molecular flexibility index (Phi) is 3.43. The first kappa shape index (κ1) is 12.4. The first-order valence-electron chi connectivity index (χ1n) is 6.38. The molecule has 2 rings (SSSR count). The van der Waals surface area contributed by atoms with E-state index in [0.29, 0.717) is 5.92 Å². The number of hydrogen-bond donors (Lipinski definition) is 1. The zero-order chi connectivity index (χ0) is 12.5. The summed E-state index contributed by atoms with van der Waals surface area (Å²) in [5.74, 6) is 0.404. The molecule has 1 unspecified atom stereocenters. The van der Waals surface area contributed by atoms with Gasteiger partial charge in [-0.05, 0) is 43.1 Å². The molecule has 0 bridgehead atoms. The molecule has 94 valence electrons. The number of furan rings is 1. The minimum Gasteiger partial charge on any atom is -0.472 e. The van der Waals surface area contributed by atoms with E-state index in [1.165, 1.54) is 18.4 Å². The molecule has 0 saturated heterocycles. The Balaban J connectivity index is 2.08. The summed E-state index contributed by atoms with van der Waals surface area (Å²) in [5, 5.41) is 10.2. The Bertz CT molecular complexity index is 376. The Labute approximate surface area is 103 Å². The highest BCUT2D eigenvalue weighted by Gasteiger charge is 2.35. The van der Waals surface area contributed by atoms with Gasteiger partial charge in [0.2, 0.25) is 0 Å². The van der Waals surface area contributed by atoms with Gasteiger partial charge in [0.25, 0.3) is 0 Å². The van der Waals surface area contributed by atoms with Crippen LogP contribution in [0.4, 0.5) is 0 Å². The molecule has 0 amide bonds. The van der Waals surface area contributed by atoms with Gasteiger partial charge in [-0.2, -0.15) is 0 Å². The zero-order valence-electron chi connectivity index (χ0n) is 10.8. The maximum Gasteiger partial charge on any atom is 0.0960 e. The van der Waals surface area contributed by atoms with Crippen LogP contribution in [-0.2, 0) is 0 Å². The molecular formula is C15H22O2. The van der Waals surface area contributed by atoms with Crippen molar-refractivity contribution in [1.82, 2.24) is 0 Å². The van der Waals surface area contributed by atoms with Crippen molar-refractivity contribution >= 4 is 0 Å². The summed E-state index contributed by atoms with van der Waals surface area (Å²) in [6, 6.07) is 1.84. The van der Waals surface area contributed by atoms with Gasteiger partial charge in [-0.15, -0.1) is 0 Å². The van der Waals surface area contributed by atoms with Gasteiger partial charge in [-0.1, -0.05) is 26.0 Å². The quantitative estimate of drug-likeness (QED) is 0.799. The van der Waals surface area contributed by atoms with E-state index >= 15 is 0 Å². The van der Waals surface area contributed by atoms with Gasteiger partial charge < -0.3 is 9.52 Å². The van der Waals surface area contributed by atoms with Crippen LogP contribution in [0, 0.1) is 11.3 Å². The number of hydrogen-bond acceptors (Lipinski definition) is 2. The van der Waals surface area contributed by atoms with E-state index in [0.717, 1.165) is 18.4 Å². The van der Waals surface area contributed by atoms with Crippen LogP contribution in [0.1, 0.15) is 51.2 Å². The van der Waals surface area contributed by atoms with Gasteiger partial charge in [0.05, 0.1) is 18.6 Å². The lowest BCUT2D eigenvalue weighted by Gasteiger charge is -2.41. The van der Waals surface area contributed by atoms with Gasteiger partial charge >= 0.3 is 0 Å². The fourth-order valence-electron chi connectivity index (χ4n) is 2.98. The summed E-state index contributed by atoms with van der Waals surface area (Å²) in [5.41, 5.74) is 2.42. The average Bonchev–Trinajstić information content (AvgIpc) is 2.76. The lowest BCUT2D eigenvalue weighted by molar-refractivity contribution is 0.0929. The first-order chi connectivity index (χ1) is 8.00. The maximum atomic E-state index is 10.2. The van der Waals surface area contributed by atoms with Gasteiger partial charge in [0, 0.05) is 5.56 Å². The Morgan fingerprint density at radius 2 is 2.35 bits per heavy atom. The molecule has 1 aliphatic carbocycles. The standard InChI is InChI=1S/C15H22O2/c1-11-5-4-7-15(2,3)13(11)9-14(16)12-6-8-17-10-12/h6,8,10,13-14,16H,1,4-5,7,9H2,2-3H3/t13-,14?/m1/s1. The predicted octanol–water partition coefficient (Wildman–Crippen LogP) is 4.09. The third-order valence-electron chi connectivity index (χ3n) is 4.14. The summed E-state index contributed by atoms with van der Waals surface area (Å²) in [6.45, 7) is 8.75. The van der Waals surface area contributed by atoms with Crippen LogP contribution in [0.3, 0.4) is 0 Å². The fraction of sp³-hybridized carbons (Fsp3) is 0.600. The predicted molar refractivity (Wildman–Crippen MR) is 68.5 cm³/mol. The van der Waals surface area contributed by atoms with Crippen LogP contribution in [0.5, 0.6) is 0 Å². The molecule has 0 aromatic carbocycles. The minimum atomic E-state index is -0.437. The monoisotopic (exact) mass is 234 g/mol. The van der Waals surface area contributed by atoms with Gasteiger partial charge in [-0.3, -0.25) is 0 Å². The molecule has 17 heavy (non-hydrogen) atoms. The molecule has 1 aliphatic rings. The molecule has 0 spiro atoms. The molecule has 1 heterocycles. The van der Waals surface area contributed by atoms with Crippen molar-refractivity contribution in [3.63, 3.8) is 0 Å². The highest BCUT2D eigenvalue weighted by atomic mass is 16.3. The second-order valence-electron chi connectivity index (χ2n) is 5.86. The summed E-state index contributed by atoms with van der Waals surface area (Å²) in [4.78, 5) is 0. The number of allylic oxidation sites excluding steroid dienone is 1. The van der Waals surface area contributed by atoms with Crippen LogP contribution in [-0.4, -0.2) is 5.11 Å². The van der Waals surface area contributed by atoms with Gasteiger partial charge in [-0.25, -0.2) is 0 Å². The van der Waals surface area contributed by atoms with Crippen molar-refractivity contribution in [1.29, 1.82) is 0 Å². The van der Waals surface area contributed by atoms with Crippen LogP contribution in [0.25, 0.3) is 0 Å². The number of rotatable bonds is 3. The topological polar surface area (TPSA) is 33.4 Å². The zero-order valence-corrected chi connectivity index (χ0v) is 10.8. The summed E-state index contributed by atoms with van der Waals surface area (Å²) in [6.07, 6.45) is 7.10. The summed E-state index contributed by atoms with van der Waals surface area (Å²) >= 11 is 0. The van der Waals surface area contributed by atoms with E-state index in [4.69, 9.17) is 4.42 Å². The highest BCUT2D eigenvalue weighted by molar-refractivity contribution is 5.14. The average molecular weight is 234 g/mol. The minimum absolute atomic E-state index is 0.250. The fourth-order valence-corrected chi connectivity index (χ4v) is 2.98. The van der Waals surface area contributed by atoms with Crippen LogP contribution in [0.15, 0.2) is 35.2 Å². The molecule has 0 radical (unpaired) electrons. The number of aliphatic hydroxyl groups excluding tert-OH is 1. The molecule has 1 saturated carbocycles. The smallest absolute Gasteiger partial charge is 0.0960 e. The SMILES string of the molecule is C=C1CCCC(C)(C)[C@@H]1CC(O)c1ccoc1. The van der Waals surface area contributed by atoms with E-state index in [1.54, 1.807) is 12.5 Å². The van der Waals surface area contributed by atoms with Crippen LogP contribution in [0.2, 0.25) is 0 Å². The first-order valence-corrected chi connectivity index (χ1v) is 6.38. The molecule has 1 N–H and O–H groups in total. The normalized spacial score (nSPS) is 25.8. The third-order valence-corrected chi connectivity index (χ3v) is 4.14. The van der Waals surface area contributed by atoms with Crippen molar-refractivity contribution < 1.29 is 9.52 Å². The molecule has 0 aliphatic heterocycles. The lowest BCUT2D eigenvalue weighted by atomic mass is 9.65. The van der Waals surface area contributed by atoms with Crippen LogP contribution < -0.4 is 0 Å². The molecule has 2 atom stereocenters. The van der Waals surface area contributed by atoms with Crippen molar-refractivity contribution in [2.75, 3.05) is 0 Å². The summed E-state index contributed by atoms with van der Waals surface area (Å²) < 4.78 is 5.02. The summed E-state index contributed by atoms with van der Waals surface area (Å²) in [7, 11) is 0. The molecule has 2 nitrogen and oxygen atoms in total. The maximum absolute atomic E-state index is 10.2. The largest absolute Gasteiger partial charge is 0.472 e. The molecule has 1 fully saturated rings. The second-order valence-corrected chi connectivity index (χ2v) is 5.86. The van der Waals surface area contributed by atoms with Crippen molar-refractivity contribution in [2.24, 2.45) is 11.3 Å². The number of aliphatic hydroxyl groups is 1. The molecule has 1 aromatic heterocycles. The van der Waals surface area contributed by atoms with E-state index < -0.39 is 6.10 Å².